The van der Waals surface area contributed by atoms with Crippen molar-refractivity contribution in [3.05, 3.63) is 66.1 Å². The molecule has 7 nitrogen and oxygen atoms in total. The molecule has 4 rings (SSSR count). The lowest BCUT2D eigenvalue weighted by atomic mass is 10.2. The van der Waals surface area contributed by atoms with Gasteiger partial charge in [0.25, 0.3) is 5.89 Å². The van der Waals surface area contributed by atoms with E-state index < -0.39 is 5.97 Å². The van der Waals surface area contributed by atoms with E-state index >= 15 is 0 Å². The maximum Gasteiger partial charge on any atom is 0.342 e. The summed E-state index contributed by atoms with van der Waals surface area (Å²) < 4.78 is 22.2. The lowest BCUT2D eigenvalue weighted by molar-refractivity contribution is 0.0422. The first kappa shape index (κ1) is 18.2. The highest BCUT2D eigenvalue weighted by Crippen LogP contribution is 2.22. The van der Waals surface area contributed by atoms with Crippen LogP contribution in [0.25, 0.3) is 11.5 Å². The number of nitrogens with zero attached hydrogens (tertiary/aromatic N) is 2. The Morgan fingerprint density at radius 2 is 1.89 bits per heavy atom. The van der Waals surface area contributed by atoms with Gasteiger partial charge < -0.3 is 18.6 Å². The Hall–Kier alpha value is -3.19. The lowest BCUT2D eigenvalue weighted by Gasteiger charge is -2.13. The predicted octanol–water partition coefficient (Wildman–Crippen LogP) is 3.65. The summed E-state index contributed by atoms with van der Waals surface area (Å²) in [5.74, 6) is 0.567. The Bertz CT molecular complexity index is 919. The third-order valence-corrected chi connectivity index (χ3v) is 4.37. The van der Waals surface area contributed by atoms with E-state index in [0.717, 1.165) is 25.0 Å². The molecule has 1 saturated heterocycles. The Morgan fingerprint density at radius 3 is 2.71 bits per heavy atom. The van der Waals surface area contributed by atoms with Crippen LogP contribution in [0.3, 0.4) is 0 Å². The molecular weight excluding hydrogens is 360 g/mol. The lowest BCUT2D eigenvalue weighted by Crippen LogP contribution is -2.17. The van der Waals surface area contributed by atoms with Crippen molar-refractivity contribution < 1.29 is 23.4 Å². The highest BCUT2D eigenvalue weighted by Gasteiger charge is 2.19. The van der Waals surface area contributed by atoms with Crippen molar-refractivity contribution in [1.82, 2.24) is 10.2 Å². The summed E-state index contributed by atoms with van der Waals surface area (Å²) in [6, 6.07) is 16.4. The Morgan fingerprint density at radius 1 is 1.07 bits per heavy atom. The number of carbonyl (C=O) groups excluding carboxylic acids is 1. The maximum atomic E-state index is 12.5. The van der Waals surface area contributed by atoms with Crippen LogP contribution < -0.4 is 4.74 Å². The van der Waals surface area contributed by atoms with Crippen LogP contribution in [0.4, 0.5) is 0 Å². The number of aromatic nitrogens is 2. The first-order valence-corrected chi connectivity index (χ1v) is 9.18. The summed E-state index contributed by atoms with van der Waals surface area (Å²) in [6.07, 6.45) is 2.07. The van der Waals surface area contributed by atoms with E-state index in [9.17, 15) is 4.79 Å². The van der Waals surface area contributed by atoms with E-state index in [0.29, 0.717) is 23.8 Å². The van der Waals surface area contributed by atoms with Gasteiger partial charge in [-0.1, -0.05) is 30.3 Å². The highest BCUT2D eigenvalue weighted by atomic mass is 16.6. The van der Waals surface area contributed by atoms with Crippen molar-refractivity contribution >= 4 is 5.97 Å². The molecule has 1 fully saturated rings. The second-order valence-electron chi connectivity index (χ2n) is 6.39. The largest absolute Gasteiger partial charge is 0.490 e. The van der Waals surface area contributed by atoms with Gasteiger partial charge in [-0.3, -0.25) is 0 Å². The molecule has 0 radical (unpaired) electrons. The number of hydrogen-bond acceptors (Lipinski definition) is 7. The van der Waals surface area contributed by atoms with Crippen molar-refractivity contribution in [1.29, 1.82) is 0 Å². The molecule has 0 unspecified atom stereocenters. The first-order valence-electron chi connectivity index (χ1n) is 9.18. The van der Waals surface area contributed by atoms with Crippen LogP contribution in [-0.2, 0) is 16.1 Å². The number of hydrogen-bond donors (Lipinski definition) is 0. The number of ether oxygens (including phenoxy) is 3. The van der Waals surface area contributed by atoms with Crippen LogP contribution in [0.15, 0.2) is 59.0 Å². The summed E-state index contributed by atoms with van der Waals surface area (Å²) in [7, 11) is 0. The Labute approximate surface area is 162 Å². The molecule has 3 aromatic rings. The SMILES string of the molecule is O=C(OCc1nnc(-c2ccccc2)o1)c1ccccc1OC[C@@H]1CCCO1. The van der Waals surface area contributed by atoms with E-state index in [2.05, 4.69) is 10.2 Å². The second kappa shape index (κ2) is 8.67. The maximum absolute atomic E-state index is 12.5. The van der Waals surface area contributed by atoms with Gasteiger partial charge in [-0.15, -0.1) is 10.2 Å². The fourth-order valence-corrected chi connectivity index (χ4v) is 2.93. The van der Waals surface area contributed by atoms with E-state index in [1.165, 1.54) is 0 Å². The normalized spacial score (nSPS) is 16.1. The van der Waals surface area contributed by atoms with Crippen molar-refractivity contribution in [3.63, 3.8) is 0 Å². The molecule has 0 spiro atoms. The van der Waals surface area contributed by atoms with Gasteiger partial charge in [0.2, 0.25) is 5.89 Å². The third kappa shape index (κ3) is 4.37. The summed E-state index contributed by atoms with van der Waals surface area (Å²) in [4.78, 5) is 12.5. The van der Waals surface area contributed by atoms with Crippen molar-refractivity contribution in [2.45, 2.75) is 25.6 Å². The molecule has 1 aliphatic heterocycles. The van der Waals surface area contributed by atoms with Gasteiger partial charge in [-0.2, -0.15) is 0 Å². The summed E-state index contributed by atoms with van der Waals surface area (Å²) in [6.45, 7) is 1.06. The predicted molar refractivity (Wildman–Crippen MR) is 99.8 cm³/mol. The van der Waals surface area contributed by atoms with Crippen molar-refractivity contribution in [3.8, 4) is 17.2 Å². The van der Waals surface area contributed by atoms with Crippen LogP contribution in [0.2, 0.25) is 0 Å². The molecule has 1 aromatic heterocycles. The molecule has 0 saturated carbocycles. The van der Waals surface area contributed by atoms with Gasteiger partial charge in [0.05, 0.1) is 6.10 Å². The van der Waals surface area contributed by atoms with E-state index in [1.807, 2.05) is 36.4 Å². The number of rotatable bonds is 7. The monoisotopic (exact) mass is 380 g/mol. The average Bonchev–Trinajstić information content (AvgIpc) is 3.43. The molecular formula is C21H20N2O5. The molecule has 2 aromatic carbocycles. The third-order valence-electron chi connectivity index (χ3n) is 4.37. The second-order valence-corrected chi connectivity index (χ2v) is 6.39. The zero-order valence-electron chi connectivity index (χ0n) is 15.2. The van der Waals surface area contributed by atoms with Crippen molar-refractivity contribution in [2.75, 3.05) is 13.2 Å². The Balaban J connectivity index is 1.37. The van der Waals surface area contributed by atoms with Gasteiger partial charge in [0, 0.05) is 12.2 Å². The molecule has 28 heavy (non-hydrogen) atoms. The van der Waals surface area contributed by atoms with E-state index in [4.69, 9.17) is 18.6 Å². The molecule has 0 aliphatic carbocycles. The number of carbonyl (C=O) groups is 1. The van der Waals surface area contributed by atoms with Gasteiger partial charge in [0.1, 0.15) is 17.9 Å². The average molecular weight is 380 g/mol. The molecule has 144 valence electrons. The van der Waals surface area contributed by atoms with Gasteiger partial charge in [-0.05, 0) is 37.1 Å². The summed E-state index contributed by atoms with van der Waals surface area (Å²) in [5.41, 5.74) is 1.16. The molecule has 7 heteroatoms. The van der Waals surface area contributed by atoms with Crippen LogP contribution in [0.5, 0.6) is 5.75 Å². The number of esters is 1. The summed E-state index contributed by atoms with van der Waals surface area (Å²) >= 11 is 0. The number of benzene rings is 2. The van der Waals surface area contributed by atoms with E-state index in [-0.39, 0.29) is 18.6 Å². The molecule has 0 bridgehead atoms. The minimum Gasteiger partial charge on any atom is -0.490 e. The van der Waals surface area contributed by atoms with Crippen LogP contribution in [-0.4, -0.2) is 35.5 Å². The van der Waals surface area contributed by atoms with Crippen LogP contribution >= 0.6 is 0 Å². The molecule has 0 N–H and O–H groups in total. The molecule has 0 amide bonds. The van der Waals surface area contributed by atoms with Crippen molar-refractivity contribution in [2.24, 2.45) is 0 Å². The topological polar surface area (TPSA) is 83.7 Å². The zero-order chi connectivity index (χ0) is 19.2. The first-order chi connectivity index (χ1) is 13.8. The van der Waals surface area contributed by atoms with E-state index in [1.54, 1.807) is 18.2 Å². The Kier molecular flexibility index (Phi) is 5.63. The van der Waals surface area contributed by atoms with Gasteiger partial charge in [-0.25, -0.2) is 4.79 Å². The number of para-hydroxylation sites is 1. The minimum absolute atomic E-state index is 0.0684. The fraction of sp³-hybridized carbons (Fsp3) is 0.286. The molecule has 1 atom stereocenters. The molecule has 1 aliphatic rings. The summed E-state index contributed by atoms with van der Waals surface area (Å²) in [5, 5.41) is 7.91. The van der Waals surface area contributed by atoms with Gasteiger partial charge >= 0.3 is 5.97 Å². The van der Waals surface area contributed by atoms with Crippen LogP contribution in [0, 0.1) is 0 Å². The highest BCUT2D eigenvalue weighted by molar-refractivity contribution is 5.92. The molecule has 2 heterocycles. The minimum atomic E-state index is -0.512. The quantitative estimate of drug-likeness (QED) is 0.579. The van der Waals surface area contributed by atoms with Crippen LogP contribution in [0.1, 0.15) is 29.1 Å². The fourth-order valence-electron chi connectivity index (χ4n) is 2.93. The smallest absolute Gasteiger partial charge is 0.342 e. The zero-order valence-corrected chi connectivity index (χ0v) is 15.2. The standard InChI is InChI=1S/C21H20N2O5/c24-21(17-10-4-5-11-18(17)26-13-16-9-6-12-25-16)27-14-19-22-23-20(28-19)15-7-2-1-3-8-15/h1-5,7-8,10-11,16H,6,9,12-14H2/t16-/m0/s1. The van der Waals surface area contributed by atoms with Gasteiger partial charge in [0.15, 0.2) is 6.61 Å².